The number of halogens is 3. The molecule has 7 heteroatoms. The molecule has 4 nitrogen and oxygen atoms in total. The first-order valence-corrected chi connectivity index (χ1v) is 10.7. The average Bonchev–Trinajstić information content (AvgIpc) is 2.70. The fraction of sp³-hybridized carbons (Fsp3) is 0.391. The maximum atomic E-state index is 14.2. The van der Waals surface area contributed by atoms with E-state index in [9.17, 15) is 14.0 Å². The van der Waals surface area contributed by atoms with Crippen molar-refractivity contribution < 1.29 is 14.0 Å². The topological polar surface area (TPSA) is 49.4 Å². The summed E-state index contributed by atoms with van der Waals surface area (Å²) in [5.41, 5.74) is 0.949. The molecular weight excluding hydrogens is 426 g/mol. The average molecular weight is 453 g/mol. The smallest absolute Gasteiger partial charge is 0.242 e. The second-order valence-corrected chi connectivity index (χ2v) is 8.43. The number of hydrogen-bond acceptors (Lipinski definition) is 2. The number of amides is 2. The minimum atomic E-state index is -0.683. The summed E-state index contributed by atoms with van der Waals surface area (Å²) in [4.78, 5) is 27.5. The van der Waals surface area contributed by atoms with E-state index in [0.29, 0.717) is 18.0 Å². The van der Waals surface area contributed by atoms with Crippen LogP contribution in [0, 0.1) is 11.7 Å². The van der Waals surface area contributed by atoms with E-state index < -0.39 is 11.9 Å². The van der Waals surface area contributed by atoms with Crippen LogP contribution in [0.4, 0.5) is 4.39 Å². The van der Waals surface area contributed by atoms with Gasteiger partial charge < -0.3 is 10.2 Å². The lowest BCUT2D eigenvalue weighted by Gasteiger charge is -2.31. The van der Waals surface area contributed by atoms with Gasteiger partial charge in [-0.1, -0.05) is 62.2 Å². The van der Waals surface area contributed by atoms with Crippen molar-refractivity contribution in [1.82, 2.24) is 10.2 Å². The molecule has 0 aliphatic heterocycles. The quantitative estimate of drug-likeness (QED) is 0.564. The molecule has 0 spiro atoms. The Morgan fingerprint density at radius 3 is 2.33 bits per heavy atom. The highest BCUT2D eigenvalue weighted by molar-refractivity contribution is 6.31. The van der Waals surface area contributed by atoms with Gasteiger partial charge in [0, 0.05) is 28.7 Å². The summed E-state index contributed by atoms with van der Waals surface area (Å²) in [7, 11) is 0. The van der Waals surface area contributed by atoms with Gasteiger partial charge in [-0.15, -0.1) is 0 Å². The molecule has 0 saturated carbocycles. The van der Waals surface area contributed by atoms with E-state index in [1.54, 1.807) is 30.3 Å². The Kier molecular flexibility index (Phi) is 9.12. The minimum absolute atomic E-state index is 0.128. The van der Waals surface area contributed by atoms with Crippen molar-refractivity contribution in [3.63, 3.8) is 0 Å². The van der Waals surface area contributed by atoms with E-state index in [1.807, 2.05) is 20.8 Å². The number of benzene rings is 2. The number of nitrogens with zero attached hydrogens (tertiary/aromatic N) is 1. The molecule has 1 N–H and O–H groups in total. The van der Waals surface area contributed by atoms with Gasteiger partial charge >= 0.3 is 0 Å². The van der Waals surface area contributed by atoms with Gasteiger partial charge in [0.2, 0.25) is 11.8 Å². The van der Waals surface area contributed by atoms with Crippen LogP contribution in [-0.2, 0) is 22.6 Å². The molecule has 162 valence electrons. The van der Waals surface area contributed by atoms with E-state index in [-0.39, 0.29) is 41.3 Å². The zero-order chi connectivity index (χ0) is 22.3. The number of carbonyl (C=O) groups is 2. The predicted octanol–water partition coefficient (Wildman–Crippen LogP) is 5.25. The maximum Gasteiger partial charge on any atom is 0.242 e. The summed E-state index contributed by atoms with van der Waals surface area (Å²) in [6, 6.07) is 10.7. The van der Waals surface area contributed by atoms with E-state index in [0.717, 1.165) is 5.56 Å². The minimum Gasteiger partial charge on any atom is -0.354 e. The first-order chi connectivity index (χ1) is 14.2. The van der Waals surface area contributed by atoms with Crippen molar-refractivity contribution in [3.8, 4) is 0 Å². The normalized spacial score (nSPS) is 12.0. The van der Waals surface area contributed by atoms with Crippen LogP contribution in [0.5, 0.6) is 0 Å². The highest BCUT2D eigenvalue weighted by Gasteiger charge is 2.29. The van der Waals surface area contributed by atoms with E-state index in [2.05, 4.69) is 5.32 Å². The van der Waals surface area contributed by atoms with Gasteiger partial charge in [0.25, 0.3) is 0 Å². The molecule has 2 amide bonds. The summed E-state index contributed by atoms with van der Waals surface area (Å²) < 4.78 is 14.2. The fourth-order valence-electron chi connectivity index (χ4n) is 3.08. The Balaban J connectivity index is 2.32. The summed E-state index contributed by atoms with van der Waals surface area (Å²) in [6.45, 7) is 6.56. The van der Waals surface area contributed by atoms with Gasteiger partial charge in [0.15, 0.2) is 0 Å². The molecule has 0 fully saturated rings. The van der Waals surface area contributed by atoms with E-state index >= 15 is 0 Å². The number of nitrogens with one attached hydrogen (secondary N) is 1. The third kappa shape index (κ3) is 6.71. The van der Waals surface area contributed by atoms with Crippen molar-refractivity contribution in [2.45, 2.75) is 46.2 Å². The van der Waals surface area contributed by atoms with Gasteiger partial charge in [-0.05, 0) is 42.2 Å². The number of hydrogen-bond donors (Lipinski definition) is 1. The van der Waals surface area contributed by atoms with Gasteiger partial charge in [0.1, 0.15) is 11.9 Å². The van der Waals surface area contributed by atoms with Crippen molar-refractivity contribution in [2.24, 2.45) is 5.92 Å². The van der Waals surface area contributed by atoms with Crippen LogP contribution >= 0.6 is 23.2 Å². The second kappa shape index (κ2) is 11.3. The molecule has 2 aromatic rings. The van der Waals surface area contributed by atoms with Crippen molar-refractivity contribution in [3.05, 3.63) is 69.5 Å². The molecule has 2 rings (SSSR count). The number of carbonyl (C=O) groups excluding carboxylic acids is 2. The number of rotatable bonds is 9. The predicted molar refractivity (Wildman–Crippen MR) is 119 cm³/mol. The summed E-state index contributed by atoms with van der Waals surface area (Å²) in [5, 5.41) is 3.66. The molecule has 0 heterocycles. The van der Waals surface area contributed by atoms with Crippen LogP contribution in [-0.4, -0.2) is 29.3 Å². The Hall–Kier alpha value is -2.11. The molecule has 30 heavy (non-hydrogen) atoms. The van der Waals surface area contributed by atoms with Gasteiger partial charge in [-0.2, -0.15) is 0 Å². The molecule has 0 unspecified atom stereocenters. The third-order valence-corrected chi connectivity index (χ3v) is 5.33. The van der Waals surface area contributed by atoms with Crippen LogP contribution in [0.3, 0.4) is 0 Å². The van der Waals surface area contributed by atoms with Crippen molar-refractivity contribution in [2.75, 3.05) is 6.54 Å². The highest BCUT2D eigenvalue weighted by atomic mass is 35.5. The first-order valence-electron chi connectivity index (χ1n) is 9.97. The Labute approximate surface area is 187 Å². The molecule has 1 atom stereocenters. The lowest BCUT2D eigenvalue weighted by molar-refractivity contribution is -0.141. The van der Waals surface area contributed by atoms with Crippen LogP contribution in [0.15, 0.2) is 42.5 Å². The van der Waals surface area contributed by atoms with Gasteiger partial charge in [-0.3, -0.25) is 9.59 Å². The SMILES string of the molecule is CC[C@@H](C(=O)NCC(C)C)N(Cc1ccc(Cl)cc1)C(=O)Cc1c(F)cccc1Cl. The fourth-order valence-corrected chi connectivity index (χ4v) is 3.44. The molecule has 0 aliphatic rings. The molecule has 0 saturated heterocycles. The second-order valence-electron chi connectivity index (χ2n) is 7.59. The first kappa shape index (κ1) is 24.2. The summed E-state index contributed by atoms with van der Waals surface area (Å²) >= 11 is 12.1. The molecule has 0 aromatic heterocycles. The zero-order valence-corrected chi connectivity index (χ0v) is 18.9. The van der Waals surface area contributed by atoms with Crippen molar-refractivity contribution in [1.29, 1.82) is 0 Å². The monoisotopic (exact) mass is 452 g/mol. The standard InChI is InChI=1S/C23H27Cl2FN2O2/c1-4-21(23(30)27-13-15(2)3)28(14-16-8-10-17(24)11-9-16)22(29)12-18-19(25)6-5-7-20(18)26/h5-11,15,21H,4,12-14H2,1-3H3,(H,27,30)/t21-/m0/s1. The molecule has 0 aliphatic carbocycles. The Morgan fingerprint density at radius 1 is 1.10 bits per heavy atom. The lowest BCUT2D eigenvalue weighted by Crippen LogP contribution is -2.50. The van der Waals surface area contributed by atoms with Crippen LogP contribution < -0.4 is 5.32 Å². The lowest BCUT2D eigenvalue weighted by atomic mass is 10.1. The van der Waals surface area contributed by atoms with Crippen LogP contribution in [0.1, 0.15) is 38.3 Å². The highest BCUT2D eigenvalue weighted by Crippen LogP contribution is 2.22. The van der Waals surface area contributed by atoms with Crippen LogP contribution in [0.25, 0.3) is 0 Å². The Bertz CT molecular complexity index is 852. The van der Waals surface area contributed by atoms with Gasteiger partial charge in [0.05, 0.1) is 6.42 Å². The van der Waals surface area contributed by atoms with E-state index in [1.165, 1.54) is 17.0 Å². The molecule has 0 bridgehead atoms. The summed E-state index contributed by atoms with van der Waals surface area (Å²) in [5.74, 6) is -0.861. The molecule has 2 aromatic carbocycles. The van der Waals surface area contributed by atoms with Crippen molar-refractivity contribution >= 4 is 35.0 Å². The van der Waals surface area contributed by atoms with Crippen LogP contribution in [0.2, 0.25) is 10.0 Å². The maximum absolute atomic E-state index is 14.2. The molecular formula is C23H27Cl2FN2O2. The molecule has 0 radical (unpaired) electrons. The Morgan fingerprint density at radius 2 is 1.77 bits per heavy atom. The van der Waals surface area contributed by atoms with Gasteiger partial charge in [-0.25, -0.2) is 4.39 Å². The zero-order valence-electron chi connectivity index (χ0n) is 17.4. The van der Waals surface area contributed by atoms with E-state index in [4.69, 9.17) is 23.2 Å². The largest absolute Gasteiger partial charge is 0.354 e. The third-order valence-electron chi connectivity index (χ3n) is 4.73. The summed E-state index contributed by atoms with van der Waals surface area (Å²) in [6.07, 6.45) is 0.196.